The number of carbonyl (C=O) groups is 3. The van der Waals surface area contributed by atoms with E-state index < -0.39 is 17.3 Å². The van der Waals surface area contributed by atoms with Crippen LogP contribution in [0.15, 0.2) is 42.5 Å². The van der Waals surface area contributed by atoms with E-state index in [1.54, 1.807) is 36.4 Å². The zero-order valence-corrected chi connectivity index (χ0v) is 15.4. The summed E-state index contributed by atoms with van der Waals surface area (Å²) < 4.78 is 0. The molecule has 0 fully saturated rings. The molecule has 5 nitrogen and oxygen atoms in total. The van der Waals surface area contributed by atoms with E-state index in [0.29, 0.717) is 11.1 Å². The molecule has 0 bridgehead atoms. The first-order valence-corrected chi connectivity index (χ1v) is 8.36. The summed E-state index contributed by atoms with van der Waals surface area (Å²) in [5, 5.41) is 11.8. The van der Waals surface area contributed by atoms with Gasteiger partial charge in [-0.25, -0.2) is 0 Å². The minimum absolute atomic E-state index is 0.0344. The summed E-state index contributed by atoms with van der Waals surface area (Å²) in [5.74, 6) is -1.71. The third-order valence-electron chi connectivity index (χ3n) is 4.46. The van der Waals surface area contributed by atoms with E-state index in [2.05, 4.69) is 5.32 Å². The van der Waals surface area contributed by atoms with Gasteiger partial charge in [0.05, 0.1) is 11.0 Å². The van der Waals surface area contributed by atoms with Gasteiger partial charge in [-0.05, 0) is 51.0 Å². The molecule has 0 aliphatic carbocycles. The fraction of sp³-hybridized carbons (Fsp3) is 0.286. The van der Waals surface area contributed by atoms with Crippen LogP contribution in [0.3, 0.4) is 0 Å². The Balaban J connectivity index is 2.29. The number of benzene rings is 2. The lowest BCUT2D eigenvalue weighted by molar-refractivity contribution is -0.146. The number of carbonyl (C=O) groups excluding carboxylic acids is 2. The van der Waals surface area contributed by atoms with Gasteiger partial charge in [-0.2, -0.15) is 0 Å². The standard InChI is InChI=1S/C21H23NO4/c1-13-9-10-15(11-14(13)2)18(23)16-7-5-6-8-17(16)19(24)22-12-21(3,4)20(25)26/h5-11H,12H2,1-4H3,(H,22,24)(H,25,26). The maximum absolute atomic E-state index is 12.9. The molecule has 2 aromatic rings. The van der Waals surface area contributed by atoms with E-state index in [1.165, 1.54) is 13.8 Å². The second-order valence-corrected chi connectivity index (χ2v) is 7.05. The molecule has 0 heterocycles. The van der Waals surface area contributed by atoms with Gasteiger partial charge in [-0.3, -0.25) is 14.4 Å². The van der Waals surface area contributed by atoms with Crippen molar-refractivity contribution in [1.29, 1.82) is 0 Å². The molecule has 0 unspecified atom stereocenters. The van der Waals surface area contributed by atoms with E-state index >= 15 is 0 Å². The van der Waals surface area contributed by atoms with Crippen molar-refractivity contribution < 1.29 is 19.5 Å². The van der Waals surface area contributed by atoms with Crippen molar-refractivity contribution in [3.63, 3.8) is 0 Å². The number of ketones is 1. The number of hydrogen-bond acceptors (Lipinski definition) is 3. The van der Waals surface area contributed by atoms with Crippen LogP contribution in [0.1, 0.15) is 51.3 Å². The Morgan fingerprint density at radius 1 is 0.962 bits per heavy atom. The molecule has 2 N–H and O–H groups in total. The number of hydrogen-bond donors (Lipinski definition) is 2. The average Bonchev–Trinajstić information content (AvgIpc) is 2.61. The van der Waals surface area contributed by atoms with E-state index in [9.17, 15) is 14.4 Å². The first-order chi connectivity index (χ1) is 12.1. The molecule has 0 saturated heterocycles. The molecular weight excluding hydrogens is 330 g/mol. The lowest BCUT2D eigenvalue weighted by Crippen LogP contribution is -2.39. The van der Waals surface area contributed by atoms with Crippen LogP contribution in [0.2, 0.25) is 0 Å². The quantitative estimate of drug-likeness (QED) is 0.780. The lowest BCUT2D eigenvalue weighted by atomic mass is 9.93. The van der Waals surface area contributed by atoms with Crippen LogP contribution >= 0.6 is 0 Å². The van der Waals surface area contributed by atoms with Crippen LogP contribution in [0, 0.1) is 19.3 Å². The summed E-state index contributed by atoms with van der Waals surface area (Å²) in [6, 6.07) is 12.0. The second kappa shape index (κ2) is 7.52. The van der Waals surface area contributed by atoms with Crippen LogP contribution < -0.4 is 5.32 Å². The van der Waals surface area contributed by atoms with Crippen molar-refractivity contribution in [1.82, 2.24) is 5.32 Å². The zero-order chi connectivity index (χ0) is 19.5. The molecule has 0 spiro atoms. The molecule has 5 heteroatoms. The van der Waals surface area contributed by atoms with Crippen molar-refractivity contribution in [2.45, 2.75) is 27.7 Å². The van der Waals surface area contributed by atoms with Crippen LogP contribution in [0.5, 0.6) is 0 Å². The fourth-order valence-corrected chi connectivity index (χ4v) is 2.39. The van der Waals surface area contributed by atoms with Gasteiger partial charge in [0.1, 0.15) is 0 Å². The topological polar surface area (TPSA) is 83.5 Å². The maximum atomic E-state index is 12.9. The van der Waals surface area contributed by atoms with Crippen molar-refractivity contribution in [3.05, 3.63) is 70.3 Å². The smallest absolute Gasteiger partial charge is 0.310 e. The lowest BCUT2D eigenvalue weighted by Gasteiger charge is -2.20. The summed E-state index contributed by atoms with van der Waals surface area (Å²) in [4.78, 5) is 36.6. The minimum Gasteiger partial charge on any atom is -0.481 e. The van der Waals surface area contributed by atoms with Gasteiger partial charge >= 0.3 is 5.97 Å². The molecule has 0 aliphatic heterocycles. The van der Waals surface area contributed by atoms with Gasteiger partial charge in [0, 0.05) is 17.7 Å². The normalized spacial score (nSPS) is 11.1. The van der Waals surface area contributed by atoms with Crippen molar-refractivity contribution >= 4 is 17.7 Å². The third-order valence-corrected chi connectivity index (χ3v) is 4.46. The molecular formula is C21H23NO4. The SMILES string of the molecule is Cc1ccc(C(=O)c2ccccc2C(=O)NCC(C)(C)C(=O)O)cc1C. The first-order valence-electron chi connectivity index (χ1n) is 8.36. The summed E-state index contributed by atoms with van der Waals surface area (Å²) >= 11 is 0. The van der Waals surface area contributed by atoms with Gasteiger partial charge in [0.25, 0.3) is 5.91 Å². The fourth-order valence-electron chi connectivity index (χ4n) is 2.39. The number of aliphatic carboxylic acids is 1. The summed E-state index contributed by atoms with van der Waals surface area (Å²) in [7, 11) is 0. The number of amides is 1. The Kier molecular flexibility index (Phi) is 5.60. The van der Waals surface area contributed by atoms with Gasteiger partial charge < -0.3 is 10.4 Å². The average molecular weight is 353 g/mol. The van der Waals surface area contributed by atoms with Gasteiger partial charge in [-0.1, -0.05) is 30.3 Å². The van der Waals surface area contributed by atoms with Crippen LogP contribution in [0.4, 0.5) is 0 Å². The van der Waals surface area contributed by atoms with Crippen molar-refractivity contribution in [2.75, 3.05) is 6.54 Å². The minimum atomic E-state index is -1.09. The molecule has 136 valence electrons. The molecule has 0 atom stereocenters. The predicted octanol–water partition coefficient (Wildman–Crippen LogP) is 3.38. The Morgan fingerprint density at radius 2 is 1.58 bits per heavy atom. The Labute approximate surface area is 153 Å². The van der Waals surface area contributed by atoms with E-state index in [0.717, 1.165) is 11.1 Å². The van der Waals surface area contributed by atoms with Crippen molar-refractivity contribution in [2.24, 2.45) is 5.41 Å². The molecule has 26 heavy (non-hydrogen) atoms. The van der Waals surface area contributed by atoms with Crippen LogP contribution in [-0.4, -0.2) is 29.3 Å². The van der Waals surface area contributed by atoms with E-state index in [1.807, 2.05) is 19.9 Å². The largest absolute Gasteiger partial charge is 0.481 e. The number of carboxylic acid groups (broad SMARTS) is 1. The molecule has 0 aliphatic rings. The summed E-state index contributed by atoms with van der Waals surface area (Å²) in [6.07, 6.45) is 0. The van der Waals surface area contributed by atoms with Crippen LogP contribution in [0.25, 0.3) is 0 Å². The number of rotatable bonds is 6. The van der Waals surface area contributed by atoms with E-state index in [-0.39, 0.29) is 17.9 Å². The highest BCUT2D eigenvalue weighted by Gasteiger charge is 2.28. The highest BCUT2D eigenvalue weighted by atomic mass is 16.4. The third kappa shape index (κ3) is 4.17. The number of aryl methyl sites for hydroxylation is 2. The number of carboxylic acids is 1. The summed E-state index contributed by atoms with van der Waals surface area (Å²) in [5.41, 5.74) is 2.03. The van der Waals surface area contributed by atoms with Gasteiger partial charge in [-0.15, -0.1) is 0 Å². The molecule has 0 radical (unpaired) electrons. The Hall–Kier alpha value is -2.95. The van der Waals surface area contributed by atoms with Crippen LogP contribution in [-0.2, 0) is 4.79 Å². The molecule has 2 aromatic carbocycles. The molecule has 0 saturated carbocycles. The summed E-state index contributed by atoms with van der Waals surface area (Å²) in [6.45, 7) is 6.92. The van der Waals surface area contributed by atoms with E-state index in [4.69, 9.17) is 5.11 Å². The van der Waals surface area contributed by atoms with Gasteiger partial charge in [0.2, 0.25) is 0 Å². The predicted molar refractivity (Wildman–Crippen MR) is 99.5 cm³/mol. The Bertz CT molecular complexity index is 868. The monoisotopic (exact) mass is 353 g/mol. The first kappa shape index (κ1) is 19.4. The highest BCUT2D eigenvalue weighted by molar-refractivity contribution is 6.15. The maximum Gasteiger partial charge on any atom is 0.310 e. The zero-order valence-electron chi connectivity index (χ0n) is 15.4. The second-order valence-electron chi connectivity index (χ2n) is 7.05. The highest BCUT2D eigenvalue weighted by Crippen LogP contribution is 2.18. The molecule has 0 aromatic heterocycles. The molecule has 2 rings (SSSR count). The van der Waals surface area contributed by atoms with Gasteiger partial charge in [0.15, 0.2) is 5.78 Å². The Morgan fingerprint density at radius 3 is 2.15 bits per heavy atom. The molecule has 1 amide bonds. The van der Waals surface area contributed by atoms with Crippen molar-refractivity contribution in [3.8, 4) is 0 Å². The number of nitrogens with one attached hydrogen (secondary N) is 1.